The predicted octanol–water partition coefficient (Wildman–Crippen LogP) is 3.25. The molecule has 4 rings (SSSR count). The van der Waals surface area contributed by atoms with Gasteiger partial charge in [-0.1, -0.05) is 12.1 Å². The first-order chi connectivity index (χ1) is 12.7. The summed E-state index contributed by atoms with van der Waals surface area (Å²) in [6.07, 6.45) is 4.95. The highest BCUT2D eigenvalue weighted by atomic mass is 16.2. The van der Waals surface area contributed by atoms with Crippen LogP contribution >= 0.6 is 0 Å². The van der Waals surface area contributed by atoms with E-state index in [0.717, 1.165) is 17.8 Å². The molecule has 130 valence electrons. The van der Waals surface area contributed by atoms with Crippen LogP contribution in [0.1, 0.15) is 23.2 Å². The molecule has 6 nitrogen and oxygen atoms in total. The standard InChI is InChI=1S/C20H18N4O2/c25-19-7-3-13-23(19)18-6-2-1-5-17(18)22-20(26)15-8-10-16(11-9-15)24-14-4-12-21-24/h1-2,4-6,8-12,14H,3,7,13H2,(H,22,26). The first-order valence-electron chi connectivity index (χ1n) is 8.53. The van der Waals surface area contributed by atoms with E-state index in [-0.39, 0.29) is 11.8 Å². The largest absolute Gasteiger partial charge is 0.320 e. The van der Waals surface area contributed by atoms with Crippen LogP contribution in [0.3, 0.4) is 0 Å². The maximum Gasteiger partial charge on any atom is 0.255 e. The van der Waals surface area contributed by atoms with E-state index in [0.29, 0.717) is 24.2 Å². The molecule has 2 heterocycles. The quantitative estimate of drug-likeness (QED) is 0.788. The van der Waals surface area contributed by atoms with Gasteiger partial charge >= 0.3 is 0 Å². The number of anilines is 2. The van der Waals surface area contributed by atoms with Crippen LogP contribution in [0.2, 0.25) is 0 Å². The molecule has 2 aromatic carbocycles. The number of aromatic nitrogens is 2. The molecule has 0 bridgehead atoms. The van der Waals surface area contributed by atoms with Crippen molar-refractivity contribution in [2.45, 2.75) is 12.8 Å². The van der Waals surface area contributed by atoms with Crippen molar-refractivity contribution in [1.82, 2.24) is 9.78 Å². The highest BCUT2D eigenvalue weighted by Gasteiger charge is 2.24. The zero-order valence-corrected chi connectivity index (χ0v) is 14.1. The van der Waals surface area contributed by atoms with Crippen LogP contribution < -0.4 is 10.2 Å². The van der Waals surface area contributed by atoms with Gasteiger partial charge in [0, 0.05) is 30.9 Å². The first kappa shape index (κ1) is 16.1. The maximum absolute atomic E-state index is 12.6. The van der Waals surface area contributed by atoms with Crippen LogP contribution in [-0.2, 0) is 4.79 Å². The lowest BCUT2D eigenvalue weighted by molar-refractivity contribution is -0.117. The number of rotatable bonds is 4. The molecule has 0 aliphatic carbocycles. The summed E-state index contributed by atoms with van der Waals surface area (Å²) in [5.41, 5.74) is 2.82. The molecule has 0 unspecified atom stereocenters. The molecule has 0 atom stereocenters. The summed E-state index contributed by atoms with van der Waals surface area (Å²) in [7, 11) is 0. The minimum absolute atomic E-state index is 0.0928. The molecule has 0 spiro atoms. The topological polar surface area (TPSA) is 67.2 Å². The number of amides is 2. The lowest BCUT2D eigenvalue weighted by Gasteiger charge is -2.20. The smallest absolute Gasteiger partial charge is 0.255 e. The van der Waals surface area contributed by atoms with Gasteiger partial charge in [-0.3, -0.25) is 9.59 Å². The van der Waals surface area contributed by atoms with E-state index in [9.17, 15) is 9.59 Å². The Labute approximate surface area is 151 Å². The summed E-state index contributed by atoms with van der Waals surface area (Å²) >= 11 is 0. The summed E-state index contributed by atoms with van der Waals surface area (Å²) in [5, 5.41) is 7.09. The summed E-state index contributed by atoms with van der Waals surface area (Å²) in [6.45, 7) is 0.685. The highest BCUT2D eigenvalue weighted by molar-refractivity contribution is 6.08. The Morgan fingerprint density at radius 3 is 2.54 bits per heavy atom. The Kier molecular flexibility index (Phi) is 4.23. The van der Waals surface area contributed by atoms with Gasteiger partial charge in [-0.15, -0.1) is 0 Å². The highest BCUT2D eigenvalue weighted by Crippen LogP contribution is 2.29. The Bertz CT molecular complexity index is 933. The van der Waals surface area contributed by atoms with Crippen molar-refractivity contribution < 1.29 is 9.59 Å². The normalized spacial score (nSPS) is 13.8. The second kappa shape index (κ2) is 6.84. The molecule has 1 saturated heterocycles. The summed E-state index contributed by atoms with van der Waals surface area (Å²) in [4.78, 5) is 26.4. The zero-order chi connectivity index (χ0) is 17.9. The molecule has 2 amide bonds. The monoisotopic (exact) mass is 346 g/mol. The van der Waals surface area contributed by atoms with Crippen LogP contribution in [0.25, 0.3) is 5.69 Å². The van der Waals surface area contributed by atoms with Crippen molar-refractivity contribution in [2.24, 2.45) is 0 Å². The molecule has 1 aliphatic heterocycles. The first-order valence-corrected chi connectivity index (χ1v) is 8.53. The SMILES string of the molecule is O=C(Nc1ccccc1N1CCCC1=O)c1ccc(-n2cccn2)cc1. The molecule has 1 fully saturated rings. The van der Waals surface area contributed by atoms with Crippen molar-refractivity contribution in [3.05, 3.63) is 72.6 Å². The molecule has 1 N–H and O–H groups in total. The lowest BCUT2D eigenvalue weighted by atomic mass is 10.1. The Balaban J connectivity index is 1.54. The number of carbonyl (C=O) groups excluding carboxylic acids is 2. The fourth-order valence-electron chi connectivity index (χ4n) is 3.10. The third-order valence-corrected chi connectivity index (χ3v) is 4.41. The van der Waals surface area contributed by atoms with Gasteiger partial charge in [0.25, 0.3) is 5.91 Å². The van der Waals surface area contributed by atoms with E-state index in [1.165, 1.54) is 0 Å². The van der Waals surface area contributed by atoms with Crippen molar-refractivity contribution >= 4 is 23.2 Å². The molecule has 1 aliphatic rings. The van der Waals surface area contributed by atoms with Gasteiger partial charge in [0.15, 0.2) is 0 Å². The van der Waals surface area contributed by atoms with Gasteiger partial charge < -0.3 is 10.2 Å². The molecule has 0 saturated carbocycles. The van der Waals surface area contributed by atoms with Crippen molar-refractivity contribution in [3.8, 4) is 5.69 Å². The van der Waals surface area contributed by atoms with Gasteiger partial charge in [0.2, 0.25) is 5.91 Å². The third-order valence-electron chi connectivity index (χ3n) is 4.41. The molecular weight excluding hydrogens is 328 g/mol. The Morgan fingerprint density at radius 2 is 1.85 bits per heavy atom. The molecule has 1 aromatic heterocycles. The van der Waals surface area contributed by atoms with E-state index in [1.54, 1.807) is 27.9 Å². The maximum atomic E-state index is 12.6. The van der Waals surface area contributed by atoms with Gasteiger partial charge in [-0.05, 0) is 48.9 Å². The van der Waals surface area contributed by atoms with Crippen LogP contribution in [0.5, 0.6) is 0 Å². The van der Waals surface area contributed by atoms with E-state index < -0.39 is 0 Å². The number of para-hydroxylation sites is 2. The Hall–Kier alpha value is -3.41. The third kappa shape index (κ3) is 3.09. The van der Waals surface area contributed by atoms with Crippen molar-refractivity contribution in [1.29, 1.82) is 0 Å². The number of hydrogen-bond acceptors (Lipinski definition) is 3. The van der Waals surface area contributed by atoms with Crippen molar-refractivity contribution in [2.75, 3.05) is 16.8 Å². The Morgan fingerprint density at radius 1 is 1.04 bits per heavy atom. The minimum Gasteiger partial charge on any atom is -0.320 e. The average molecular weight is 346 g/mol. The molecule has 6 heteroatoms. The summed E-state index contributed by atoms with van der Waals surface area (Å²) in [6, 6.07) is 16.4. The molecule has 0 radical (unpaired) electrons. The second-order valence-electron chi connectivity index (χ2n) is 6.12. The molecule has 3 aromatic rings. The van der Waals surface area contributed by atoms with Crippen LogP contribution in [-0.4, -0.2) is 28.1 Å². The minimum atomic E-state index is -0.212. The number of nitrogens with one attached hydrogen (secondary N) is 1. The number of carbonyl (C=O) groups is 2. The fraction of sp³-hybridized carbons (Fsp3) is 0.150. The number of benzene rings is 2. The fourth-order valence-corrected chi connectivity index (χ4v) is 3.10. The van der Waals surface area contributed by atoms with E-state index in [4.69, 9.17) is 0 Å². The molecular formula is C20H18N4O2. The van der Waals surface area contributed by atoms with Gasteiger partial charge in [0.1, 0.15) is 0 Å². The van der Waals surface area contributed by atoms with Crippen molar-refractivity contribution in [3.63, 3.8) is 0 Å². The lowest BCUT2D eigenvalue weighted by Crippen LogP contribution is -2.25. The molecule has 26 heavy (non-hydrogen) atoms. The average Bonchev–Trinajstić information content (AvgIpc) is 3.34. The van der Waals surface area contributed by atoms with E-state index in [1.807, 2.05) is 48.7 Å². The van der Waals surface area contributed by atoms with E-state index >= 15 is 0 Å². The van der Waals surface area contributed by atoms with E-state index in [2.05, 4.69) is 10.4 Å². The van der Waals surface area contributed by atoms with Crippen LogP contribution in [0.4, 0.5) is 11.4 Å². The number of nitrogens with zero attached hydrogens (tertiary/aromatic N) is 3. The number of hydrogen-bond donors (Lipinski definition) is 1. The van der Waals surface area contributed by atoms with Crippen LogP contribution in [0.15, 0.2) is 67.0 Å². The second-order valence-corrected chi connectivity index (χ2v) is 6.12. The zero-order valence-electron chi connectivity index (χ0n) is 14.1. The predicted molar refractivity (Wildman–Crippen MR) is 99.5 cm³/mol. The van der Waals surface area contributed by atoms with Crippen LogP contribution in [0, 0.1) is 0 Å². The summed E-state index contributed by atoms with van der Waals surface area (Å²) < 4.78 is 1.73. The van der Waals surface area contributed by atoms with Gasteiger partial charge in [-0.2, -0.15) is 5.10 Å². The summed E-state index contributed by atoms with van der Waals surface area (Å²) in [5.74, 6) is -0.119. The van der Waals surface area contributed by atoms with Gasteiger partial charge in [-0.25, -0.2) is 4.68 Å². The van der Waals surface area contributed by atoms with Gasteiger partial charge in [0.05, 0.1) is 17.1 Å².